The van der Waals surface area contributed by atoms with Crippen molar-refractivity contribution in [2.45, 2.75) is 13.8 Å². The van der Waals surface area contributed by atoms with Crippen molar-refractivity contribution in [3.63, 3.8) is 0 Å². The van der Waals surface area contributed by atoms with Gasteiger partial charge in [0.1, 0.15) is 16.4 Å². The van der Waals surface area contributed by atoms with Crippen molar-refractivity contribution >= 4 is 23.2 Å². The van der Waals surface area contributed by atoms with E-state index in [1.807, 2.05) is 19.9 Å². The number of nitrogens with zero attached hydrogens (tertiary/aromatic N) is 3. The van der Waals surface area contributed by atoms with Crippen molar-refractivity contribution < 1.29 is 0 Å². The zero-order chi connectivity index (χ0) is 13.4. The summed E-state index contributed by atoms with van der Waals surface area (Å²) >= 11 is 12.3. The molecule has 2 rings (SSSR count). The molecule has 0 N–H and O–H groups in total. The minimum atomic E-state index is 0.442. The second-order valence-corrected chi connectivity index (χ2v) is 4.79. The molecule has 0 bridgehead atoms. The van der Waals surface area contributed by atoms with Gasteiger partial charge < -0.3 is 0 Å². The average Bonchev–Trinajstić information content (AvgIpc) is 2.59. The van der Waals surface area contributed by atoms with E-state index in [-0.39, 0.29) is 0 Å². The summed E-state index contributed by atoms with van der Waals surface area (Å²) in [6.07, 6.45) is 5.40. The summed E-state index contributed by atoms with van der Waals surface area (Å²) in [6.45, 7) is 3.75. The number of pyridine rings is 1. The standard InChI is InChI=1S/C13H11Cl2N3/c1-5-10-11(15)13(17-18(10)4)12-7(2)6-9(14)8(3)16-12/h1,6H,2-4H3. The lowest BCUT2D eigenvalue weighted by Crippen LogP contribution is -1.96. The molecular formula is C13H11Cl2N3. The Balaban J connectivity index is 2.71. The molecule has 2 heterocycles. The first kappa shape index (κ1) is 12.9. The van der Waals surface area contributed by atoms with E-state index in [1.54, 1.807) is 11.7 Å². The van der Waals surface area contributed by atoms with Crippen LogP contribution in [-0.2, 0) is 7.05 Å². The van der Waals surface area contributed by atoms with Crippen LogP contribution in [0.15, 0.2) is 6.07 Å². The molecule has 0 aromatic carbocycles. The van der Waals surface area contributed by atoms with Gasteiger partial charge in [0.25, 0.3) is 0 Å². The fourth-order valence-corrected chi connectivity index (χ4v) is 2.23. The van der Waals surface area contributed by atoms with Gasteiger partial charge in [-0.05, 0) is 31.4 Å². The first-order valence-electron chi connectivity index (χ1n) is 5.29. The van der Waals surface area contributed by atoms with Crippen LogP contribution in [0.3, 0.4) is 0 Å². The molecule has 0 saturated heterocycles. The zero-order valence-electron chi connectivity index (χ0n) is 10.3. The predicted octanol–water partition coefficient (Wildman–Crippen LogP) is 3.39. The third-order valence-corrected chi connectivity index (χ3v) is 3.43. The monoisotopic (exact) mass is 279 g/mol. The van der Waals surface area contributed by atoms with Gasteiger partial charge in [-0.1, -0.05) is 23.2 Å². The third-order valence-electron chi connectivity index (χ3n) is 2.69. The zero-order valence-corrected chi connectivity index (χ0v) is 11.8. The Morgan fingerprint density at radius 3 is 2.50 bits per heavy atom. The molecule has 0 atom stereocenters. The van der Waals surface area contributed by atoms with E-state index in [2.05, 4.69) is 16.0 Å². The molecule has 92 valence electrons. The van der Waals surface area contributed by atoms with Crippen LogP contribution in [0.1, 0.15) is 17.0 Å². The van der Waals surface area contributed by atoms with Crippen LogP contribution in [0.4, 0.5) is 0 Å². The van der Waals surface area contributed by atoms with Gasteiger partial charge in [-0.3, -0.25) is 4.68 Å². The van der Waals surface area contributed by atoms with Gasteiger partial charge in [0.05, 0.1) is 16.4 Å². The van der Waals surface area contributed by atoms with Crippen molar-refractivity contribution in [1.82, 2.24) is 14.8 Å². The van der Waals surface area contributed by atoms with E-state index in [4.69, 9.17) is 29.6 Å². The minimum absolute atomic E-state index is 0.442. The maximum atomic E-state index is 6.23. The van der Waals surface area contributed by atoms with Crippen LogP contribution in [0.5, 0.6) is 0 Å². The van der Waals surface area contributed by atoms with Crippen LogP contribution >= 0.6 is 23.2 Å². The van der Waals surface area contributed by atoms with E-state index >= 15 is 0 Å². The number of aryl methyl sites for hydroxylation is 3. The summed E-state index contributed by atoms with van der Waals surface area (Å²) in [5.74, 6) is 2.51. The predicted molar refractivity (Wildman–Crippen MR) is 73.9 cm³/mol. The smallest absolute Gasteiger partial charge is 0.131 e. The number of aromatic nitrogens is 3. The van der Waals surface area contributed by atoms with Crippen molar-refractivity contribution in [2.75, 3.05) is 0 Å². The molecule has 3 nitrogen and oxygen atoms in total. The Kier molecular flexibility index (Phi) is 3.34. The van der Waals surface area contributed by atoms with Crippen LogP contribution in [-0.4, -0.2) is 14.8 Å². The van der Waals surface area contributed by atoms with Crippen molar-refractivity contribution in [3.05, 3.63) is 33.1 Å². The Bertz CT molecular complexity index is 666. The number of terminal acetylenes is 1. The number of rotatable bonds is 1. The van der Waals surface area contributed by atoms with Gasteiger partial charge in [0.2, 0.25) is 0 Å². The molecule has 0 unspecified atom stereocenters. The Labute approximate surface area is 116 Å². The molecule has 0 fully saturated rings. The maximum Gasteiger partial charge on any atom is 0.131 e. The normalized spacial score (nSPS) is 10.4. The van der Waals surface area contributed by atoms with E-state index in [0.717, 1.165) is 11.3 Å². The third kappa shape index (κ3) is 1.98. The lowest BCUT2D eigenvalue weighted by atomic mass is 10.1. The molecule has 0 amide bonds. The number of hydrogen-bond donors (Lipinski definition) is 0. The van der Waals surface area contributed by atoms with Crippen LogP contribution < -0.4 is 0 Å². The second kappa shape index (κ2) is 4.64. The molecule has 0 spiro atoms. The molecule has 2 aromatic heterocycles. The molecule has 5 heteroatoms. The summed E-state index contributed by atoms with van der Waals surface area (Å²) in [5.41, 5.74) is 3.49. The Morgan fingerprint density at radius 2 is 1.94 bits per heavy atom. The fourth-order valence-electron chi connectivity index (χ4n) is 1.72. The summed E-state index contributed by atoms with van der Waals surface area (Å²) < 4.78 is 1.57. The van der Waals surface area contributed by atoms with Gasteiger partial charge in [-0.25, -0.2) is 4.98 Å². The molecule has 0 radical (unpaired) electrons. The van der Waals surface area contributed by atoms with Gasteiger partial charge in [0.15, 0.2) is 0 Å². The highest BCUT2D eigenvalue weighted by Gasteiger charge is 2.18. The Hall–Kier alpha value is -1.50. The lowest BCUT2D eigenvalue weighted by molar-refractivity contribution is 0.759. The van der Waals surface area contributed by atoms with Gasteiger partial charge >= 0.3 is 0 Å². The topological polar surface area (TPSA) is 30.7 Å². The summed E-state index contributed by atoms with van der Waals surface area (Å²) in [4.78, 5) is 4.43. The highest BCUT2D eigenvalue weighted by Crippen LogP contribution is 2.31. The van der Waals surface area contributed by atoms with Crippen molar-refractivity contribution in [2.24, 2.45) is 7.05 Å². The first-order chi connectivity index (χ1) is 8.45. The van der Waals surface area contributed by atoms with E-state index < -0.39 is 0 Å². The highest BCUT2D eigenvalue weighted by atomic mass is 35.5. The number of halogens is 2. The van der Waals surface area contributed by atoms with Crippen LogP contribution in [0, 0.1) is 26.2 Å². The first-order valence-corrected chi connectivity index (χ1v) is 6.04. The largest absolute Gasteiger partial charge is 0.258 e. The van der Waals surface area contributed by atoms with Crippen LogP contribution in [0.25, 0.3) is 11.4 Å². The van der Waals surface area contributed by atoms with Crippen LogP contribution in [0.2, 0.25) is 10.0 Å². The summed E-state index contributed by atoms with van der Waals surface area (Å²) in [6, 6.07) is 1.85. The lowest BCUT2D eigenvalue weighted by Gasteiger charge is -2.05. The minimum Gasteiger partial charge on any atom is -0.258 e. The maximum absolute atomic E-state index is 6.23. The number of hydrogen-bond acceptors (Lipinski definition) is 2. The molecule has 2 aromatic rings. The van der Waals surface area contributed by atoms with Crippen molar-refractivity contribution in [1.29, 1.82) is 0 Å². The van der Waals surface area contributed by atoms with E-state index in [1.165, 1.54) is 0 Å². The SMILES string of the molecule is C#Cc1c(Cl)c(-c2nc(C)c(Cl)cc2C)nn1C. The molecule has 0 aliphatic carbocycles. The molecule has 0 aliphatic heterocycles. The summed E-state index contributed by atoms with van der Waals surface area (Å²) in [7, 11) is 1.75. The second-order valence-electron chi connectivity index (χ2n) is 4.00. The summed E-state index contributed by atoms with van der Waals surface area (Å²) in [5, 5.41) is 5.39. The van der Waals surface area contributed by atoms with Gasteiger partial charge in [0, 0.05) is 7.05 Å². The van der Waals surface area contributed by atoms with Crippen molar-refractivity contribution in [3.8, 4) is 23.7 Å². The average molecular weight is 280 g/mol. The molecular weight excluding hydrogens is 269 g/mol. The Morgan fingerprint density at radius 1 is 1.28 bits per heavy atom. The quantitative estimate of drug-likeness (QED) is 0.750. The van der Waals surface area contributed by atoms with Gasteiger partial charge in [-0.15, -0.1) is 6.42 Å². The molecule has 0 aliphatic rings. The van der Waals surface area contributed by atoms with Gasteiger partial charge in [-0.2, -0.15) is 5.10 Å². The van der Waals surface area contributed by atoms with E-state index in [9.17, 15) is 0 Å². The molecule has 0 saturated carbocycles. The fraction of sp³-hybridized carbons (Fsp3) is 0.231. The highest BCUT2D eigenvalue weighted by molar-refractivity contribution is 6.34. The molecule has 18 heavy (non-hydrogen) atoms. The van der Waals surface area contributed by atoms with E-state index in [0.29, 0.717) is 27.1 Å².